The number of imidazole rings is 1. The summed E-state index contributed by atoms with van der Waals surface area (Å²) in [6.07, 6.45) is 1.25. The summed E-state index contributed by atoms with van der Waals surface area (Å²) >= 11 is 0. The molecule has 4 rings (SSSR count). The molecule has 0 aliphatic carbocycles. The molecule has 2 aromatic rings. The fourth-order valence-corrected chi connectivity index (χ4v) is 3.67. The molecule has 0 bridgehead atoms. The van der Waals surface area contributed by atoms with E-state index in [1.165, 1.54) is 10.7 Å². The smallest absolute Gasteiger partial charge is 0.368 e. The van der Waals surface area contributed by atoms with Gasteiger partial charge in [0.15, 0.2) is 5.82 Å². The van der Waals surface area contributed by atoms with Gasteiger partial charge in [-0.3, -0.25) is 4.90 Å². The minimum absolute atomic E-state index is 0.108. The zero-order valence-corrected chi connectivity index (χ0v) is 13.5. The van der Waals surface area contributed by atoms with Crippen molar-refractivity contribution in [2.45, 2.75) is 13.0 Å². The summed E-state index contributed by atoms with van der Waals surface area (Å²) in [4.78, 5) is 19.3. The van der Waals surface area contributed by atoms with Crippen molar-refractivity contribution in [1.82, 2.24) is 19.5 Å². The number of morpholine rings is 1. The predicted molar refractivity (Wildman–Crippen MR) is 87.2 cm³/mol. The van der Waals surface area contributed by atoms with E-state index in [4.69, 9.17) is 4.74 Å². The Balaban J connectivity index is 1.58. The van der Waals surface area contributed by atoms with Gasteiger partial charge in [-0.15, -0.1) is 0 Å². The number of fused-ring (bicyclic) bond motifs is 1. The Morgan fingerprint density at radius 2 is 2.08 bits per heavy atom. The Bertz CT molecular complexity index is 757. The quantitative estimate of drug-likeness (QED) is 0.606. The molecule has 2 unspecified atom stereocenters. The second-order valence-corrected chi connectivity index (χ2v) is 6.43. The maximum absolute atomic E-state index is 11.1. The minimum atomic E-state index is -0.458. The van der Waals surface area contributed by atoms with Gasteiger partial charge >= 0.3 is 5.82 Å². The molecule has 2 aromatic heterocycles. The first-order valence-corrected chi connectivity index (χ1v) is 8.19. The summed E-state index contributed by atoms with van der Waals surface area (Å²) < 4.78 is 6.75. The first kappa shape index (κ1) is 15.3. The number of ether oxygens (including phenoxy) is 1. The molecule has 2 atom stereocenters. The Morgan fingerprint density at radius 3 is 2.83 bits per heavy atom. The normalized spacial score (nSPS) is 25.5. The number of nitrogens with zero attached hydrogens (tertiary/aromatic N) is 6. The van der Waals surface area contributed by atoms with E-state index in [0.29, 0.717) is 17.6 Å². The highest BCUT2D eigenvalue weighted by molar-refractivity contribution is 5.50. The number of hydrogen-bond donors (Lipinski definition) is 0. The Labute approximate surface area is 139 Å². The summed E-state index contributed by atoms with van der Waals surface area (Å²) in [7, 11) is 0. The summed E-state index contributed by atoms with van der Waals surface area (Å²) in [6, 6.07) is 4.13. The van der Waals surface area contributed by atoms with Gasteiger partial charge in [0.1, 0.15) is 6.20 Å². The largest absolute Gasteiger partial charge is 0.379 e. The first-order valence-electron chi connectivity index (χ1n) is 8.19. The highest BCUT2D eigenvalue weighted by Crippen LogP contribution is 2.27. The van der Waals surface area contributed by atoms with Crippen LogP contribution in [0.15, 0.2) is 18.3 Å². The van der Waals surface area contributed by atoms with Crippen LogP contribution in [0.2, 0.25) is 0 Å². The molecule has 0 saturated carbocycles. The molecule has 0 N–H and O–H groups in total. The van der Waals surface area contributed by atoms with Crippen molar-refractivity contribution in [3.05, 3.63) is 28.4 Å². The number of hydrogen-bond acceptors (Lipinski definition) is 7. The van der Waals surface area contributed by atoms with Gasteiger partial charge in [-0.1, -0.05) is 16.5 Å². The Morgan fingerprint density at radius 1 is 1.29 bits per heavy atom. The van der Waals surface area contributed by atoms with Crippen molar-refractivity contribution in [2.24, 2.45) is 5.92 Å². The number of aromatic nitrogens is 3. The second-order valence-electron chi connectivity index (χ2n) is 6.43. The lowest BCUT2D eigenvalue weighted by molar-refractivity contribution is -0.391. The molecule has 24 heavy (non-hydrogen) atoms. The van der Waals surface area contributed by atoms with Gasteiger partial charge in [0.05, 0.1) is 13.2 Å². The standard InChI is InChI=1S/C15H20N6O3/c1-11-9-19(10-12(11)18-4-6-24-7-5-18)14-3-2-13-16-8-15(21(22)23)20(13)17-14/h2-3,8,11-12H,4-7,9-10H2,1H3. The number of rotatable bonds is 3. The number of anilines is 1. The first-order chi connectivity index (χ1) is 11.6. The van der Waals surface area contributed by atoms with Crippen LogP contribution in [0, 0.1) is 16.0 Å². The zero-order valence-electron chi connectivity index (χ0n) is 13.5. The average molecular weight is 332 g/mol. The minimum Gasteiger partial charge on any atom is -0.379 e. The van der Waals surface area contributed by atoms with Crippen LogP contribution in [-0.2, 0) is 4.74 Å². The molecular weight excluding hydrogens is 312 g/mol. The lowest BCUT2D eigenvalue weighted by atomic mass is 10.0. The van der Waals surface area contributed by atoms with Crippen molar-refractivity contribution in [3.8, 4) is 0 Å². The third-order valence-corrected chi connectivity index (χ3v) is 4.93. The van der Waals surface area contributed by atoms with Crippen LogP contribution in [0.1, 0.15) is 6.92 Å². The van der Waals surface area contributed by atoms with E-state index in [2.05, 4.69) is 26.8 Å². The van der Waals surface area contributed by atoms with E-state index >= 15 is 0 Å². The van der Waals surface area contributed by atoms with E-state index in [-0.39, 0.29) is 5.82 Å². The van der Waals surface area contributed by atoms with Gasteiger partial charge in [-0.2, -0.15) is 0 Å². The van der Waals surface area contributed by atoms with Crippen molar-refractivity contribution in [1.29, 1.82) is 0 Å². The summed E-state index contributed by atoms with van der Waals surface area (Å²) in [6.45, 7) is 7.51. The van der Waals surface area contributed by atoms with E-state index in [1.807, 2.05) is 6.07 Å². The molecule has 2 aliphatic heterocycles. The Kier molecular flexibility index (Phi) is 3.81. The fraction of sp³-hybridized carbons (Fsp3) is 0.600. The van der Waals surface area contributed by atoms with Crippen molar-refractivity contribution >= 4 is 17.3 Å². The predicted octanol–water partition coefficient (Wildman–Crippen LogP) is 0.794. The molecule has 9 nitrogen and oxygen atoms in total. The van der Waals surface area contributed by atoms with E-state index in [1.54, 1.807) is 6.07 Å². The second kappa shape index (κ2) is 5.99. The maximum Gasteiger partial charge on any atom is 0.368 e. The van der Waals surface area contributed by atoms with Crippen molar-refractivity contribution < 1.29 is 9.66 Å². The van der Waals surface area contributed by atoms with Crippen LogP contribution in [-0.4, -0.2) is 69.9 Å². The third-order valence-electron chi connectivity index (χ3n) is 4.93. The number of nitro groups is 1. The van der Waals surface area contributed by atoms with E-state index in [0.717, 1.165) is 45.2 Å². The Hall–Kier alpha value is -2.26. The summed E-state index contributed by atoms with van der Waals surface area (Å²) in [5.74, 6) is 1.16. The van der Waals surface area contributed by atoms with Crippen LogP contribution in [0.25, 0.3) is 5.65 Å². The maximum atomic E-state index is 11.1. The van der Waals surface area contributed by atoms with Gasteiger partial charge in [-0.05, 0) is 16.9 Å². The summed E-state index contributed by atoms with van der Waals surface area (Å²) in [5, 5.41) is 15.5. The van der Waals surface area contributed by atoms with E-state index < -0.39 is 4.92 Å². The van der Waals surface area contributed by atoms with Gasteiger partial charge in [0.25, 0.3) is 0 Å². The lowest BCUT2D eigenvalue weighted by Crippen LogP contribution is -2.46. The lowest BCUT2D eigenvalue weighted by Gasteiger charge is -2.34. The van der Waals surface area contributed by atoms with E-state index in [9.17, 15) is 10.1 Å². The molecule has 2 fully saturated rings. The SMILES string of the molecule is CC1CN(c2ccc3ncc([N+](=O)[O-])n3n2)CC1N1CCOCC1. The van der Waals surface area contributed by atoms with Gasteiger partial charge in [0.2, 0.25) is 5.65 Å². The van der Waals surface area contributed by atoms with Crippen LogP contribution < -0.4 is 4.90 Å². The molecule has 4 heterocycles. The molecule has 9 heteroatoms. The average Bonchev–Trinajstić information content (AvgIpc) is 3.18. The zero-order chi connectivity index (χ0) is 16.7. The van der Waals surface area contributed by atoms with Gasteiger partial charge in [0, 0.05) is 38.3 Å². The highest BCUT2D eigenvalue weighted by Gasteiger charge is 2.35. The monoisotopic (exact) mass is 332 g/mol. The molecule has 2 saturated heterocycles. The third kappa shape index (κ3) is 2.59. The van der Waals surface area contributed by atoms with Crippen LogP contribution >= 0.6 is 0 Å². The molecule has 2 aliphatic rings. The molecule has 0 aromatic carbocycles. The summed E-state index contributed by atoms with van der Waals surface area (Å²) in [5.41, 5.74) is 0.488. The molecule has 0 spiro atoms. The molecule has 128 valence electrons. The topological polar surface area (TPSA) is 89.0 Å². The molecular formula is C15H20N6O3. The highest BCUT2D eigenvalue weighted by atomic mass is 16.6. The van der Waals surface area contributed by atoms with Crippen molar-refractivity contribution in [3.63, 3.8) is 0 Å². The fourth-order valence-electron chi connectivity index (χ4n) is 3.67. The van der Waals surface area contributed by atoms with Gasteiger partial charge in [-0.25, -0.2) is 4.98 Å². The van der Waals surface area contributed by atoms with Crippen LogP contribution in [0.3, 0.4) is 0 Å². The van der Waals surface area contributed by atoms with Gasteiger partial charge < -0.3 is 19.8 Å². The molecule has 0 amide bonds. The molecule has 0 radical (unpaired) electrons. The van der Waals surface area contributed by atoms with Crippen LogP contribution in [0.5, 0.6) is 0 Å². The van der Waals surface area contributed by atoms with Crippen molar-refractivity contribution in [2.75, 3.05) is 44.3 Å². The van der Waals surface area contributed by atoms with Crippen LogP contribution in [0.4, 0.5) is 11.6 Å².